The van der Waals surface area contributed by atoms with E-state index < -0.39 is 0 Å². The lowest BCUT2D eigenvalue weighted by Gasteiger charge is -2.13. The summed E-state index contributed by atoms with van der Waals surface area (Å²) in [5, 5.41) is 11.8. The second kappa shape index (κ2) is 6.19. The second-order valence-electron chi connectivity index (χ2n) is 3.43. The van der Waals surface area contributed by atoms with E-state index in [1.165, 1.54) is 12.4 Å². The van der Waals surface area contributed by atoms with Gasteiger partial charge in [0.15, 0.2) is 5.82 Å². The Morgan fingerprint density at radius 1 is 1.67 bits per heavy atom. The number of nitrogens with zero attached hydrogens (tertiary/aromatic N) is 1. The maximum Gasteiger partial charge on any atom is 0.290 e. The molecule has 1 unspecified atom stereocenters. The van der Waals surface area contributed by atoms with E-state index in [0.717, 1.165) is 12.8 Å². The van der Waals surface area contributed by atoms with Gasteiger partial charge in [-0.2, -0.15) is 0 Å². The summed E-state index contributed by atoms with van der Waals surface area (Å²) in [6.07, 6.45) is 4.75. The molecule has 0 amide bonds. The molecular weight excluding hydrogens is 194 g/mol. The van der Waals surface area contributed by atoms with E-state index in [9.17, 15) is 4.79 Å². The highest BCUT2D eigenvalue weighted by Gasteiger charge is 2.06. The molecule has 0 radical (unpaired) electrons. The molecule has 3 N–H and O–H groups in total. The van der Waals surface area contributed by atoms with Crippen LogP contribution in [-0.4, -0.2) is 28.2 Å². The molecule has 1 rings (SSSR count). The minimum absolute atomic E-state index is 0.179. The highest BCUT2D eigenvalue weighted by Crippen LogP contribution is 2.07. The summed E-state index contributed by atoms with van der Waals surface area (Å²) in [7, 11) is 0. The van der Waals surface area contributed by atoms with Crippen LogP contribution in [0.15, 0.2) is 17.2 Å². The molecule has 5 nitrogen and oxygen atoms in total. The lowest BCUT2D eigenvalue weighted by atomic mass is 10.0. The summed E-state index contributed by atoms with van der Waals surface area (Å²) in [4.78, 5) is 17.7. The van der Waals surface area contributed by atoms with Crippen molar-refractivity contribution in [2.75, 3.05) is 18.5 Å². The van der Waals surface area contributed by atoms with Crippen molar-refractivity contribution in [2.24, 2.45) is 5.92 Å². The molecule has 1 aromatic heterocycles. The largest absolute Gasteiger partial charge is 0.396 e. The summed E-state index contributed by atoms with van der Waals surface area (Å²) >= 11 is 0. The number of nitrogens with one attached hydrogen (secondary N) is 2. The predicted molar refractivity (Wildman–Crippen MR) is 58.8 cm³/mol. The van der Waals surface area contributed by atoms with E-state index in [2.05, 4.69) is 22.2 Å². The molecule has 84 valence electrons. The quantitative estimate of drug-likeness (QED) is 0.643. The third-order valence-electron chi connectivity index (χ3n) is 2.38. The van der Waals surface area contributed by atoms with Crippen molar-refractivity contribution in [1.29, 1.82) is 0 Å². The van der Waals surface area contributed by atoms with Crippen LogP contribution >= 0.6 is 0 Å². The first kappa shape index (κ1) is 11.7. The molecule has 0 aliphatic rings. The fourth-order valence-corrected chi connectivity index (χ4v) is 1.35. The molecule has 5 heteroatoms. The molecule has 1 atom stereocenters. The first-order valence-electron chi connectivity index (χ1n) is 5.16. The van der Waals surface area contributed by atoms with Gasteiger partial charge in [0.1, 0.15) is 0 Å². The monoisotopic (exact) mass is 211 g/mol. The Labute approximate surface area is 88.6 Å². The average Bonchev–Trinajstić information content (AvgIpc) is 2.26. The van der Waals surface area contributed by atoms with Gasteiger partial charge in [0.25, 0.3) is 5.56 Å². The number of hydrogen-bond donors (Lipinski definition) is 3. The number of aliphatic hydroxyl groups excluding tert-OH is 1. The van der Waals surface area contributed by atoms with Crippen molar-refractivity contribution in [3.05, 3.63) is 22.7 Å². The maximum absolute atomic E-state index is 11.2. The third kappa shape index (κ3) is 3.71. The highest BCUT2D eigenvalue weighted by atomic mass is 16.3. The fourth-order valence-electron chi connectivity index (χ4n) is 1.35. The smallest absolute Gasteiger partial charge is 0.290 e. The van der Waals surface area contributed by atoms with E-state index in [1.54, 1.807) is 0 Å². The summed E-state index contributed by atoms with van der Waals surface area (Å²) in [6.45, 7) is 2.90. The lowest BCUT2D eigenvalue weighted by Crippen LogP contribution is -2.21. The van der Waals surface area contributed by atoms with Gasteiger partial charge >= 0.3 is 0 Å². The lowest BCUT2D eigenvalue weighted by molar-refractivity contribution is 0.258. The van der Waals surface area contributed by atoms with Crippen LogP contribution in [-0.2, 0) is 0 Å². The molecular formula is C10H17N3O2. The van der Waals surface area contributed by atoms with Crippen LogP contribution in [0, 0.1) is 5.92 Å². The molecule has 0 spiro atoms. The third-order valence-corrected chi connectivity index (χ3v) is 2.38. The van der Waals surface area contributed by atoms with Gasteiger partial charge in [-0.25, -0.2) is 4.98 Å². The van der Waals surface area contributed by atoms with Crippen molar-refractivity contribution < 1.29 is 5.11 Å². The Hall–Kier alpha value is -1.36. The maximum atomic E-state index is 11.2. The first-order valence-corrected chi connectivity index (χ1v) is 5.16. The van der Waals surface area contributed by atoms with Gasteiger partial charge in [-0.05, 0) is 12.3 Å². The Morgan fingerprint density at radius 2 is 2.47 bits per heavy atom. The van der Waals surface area contributed by atoms with Gasteiger partial charge in [0, 0.05) is 25.5 Å². The molecule has 0 fully saturated rings. The van der Waals surface area contributed by atoms with Crippen molar-refractivity contribution in [3.8, 4) is 0 Å². The summed E-state index contributed by atoms with van der Waals surface area (Å²) in [5.41, 5.74) is -0.212. The van der Waals surface area contributed by atoms with E-state index >= 15 is 0 Å². The topological polar surface area (TPSA) is 78.0 Å². The molecule has 1 heterocycles. The normalized spacial score (nSPS) is 12.4. The number of hydrogen-bond acceptors (Lipinski definition) is 4. The molecule has 0 saturated heterocycles. The number of aromatic amines is 1. The standard InChI is InChI=1S/C10H17N3O2/c1-2-8(3-6-14)7-13-9-10(15)12-5-4-11-9/h4-5,8,14H,2-3,6-7H2,1H3,(H,11,13)(H,12,15). The van der Waals surface area contributed by atoms with Gasteiger partial charge in [-0.3, -0.25) is 4.79 Å². The predicted octanol–water partition coefficient (Wildman–Crippen LogP) is 0.590. The van der Waals surface area contributed by atoms with Crippen LogP contribution in [0.5, 0.6) is 0 Å². The Balaban J connectivity index is 2.49. The zero-order chi connectivity index (χ0) is 11.1. The number of anilines is 1. The number of rotatable bonds is 6. The van der Waals surface area contributed by atoms with Crippen molar-refractivity contribution in [3.63, 3.8) is 0 Å². The van der Waals surface area contributed by atoms with Crippen molar-refractivity contribution in [1.82, 2.24) is 9.97 Å². The van der Waals surface area contributed by atoms with Crippen LogP contribution in [0.4, 0.5) is 5.82 Å². The summed E-state index contributed by atoms with van der Waals surface area (Å²) < 4.78 is 0. The highest BCUT2D eigenvalue weighted by molar-refractivity contribution is 5.29. The molecule has 0 aliphatic carbocycles. The minimum atomic E-state index is -0.212. The van der Waals surface area contributed by atoms with E-state index in [4.69, 9.17) is 5.11 Å². The van der Waals surface area contributed by atoms with Crippen LogP contribution < -0.4 is 10.9 Å². The molecule has 0 saturated carbocycles. The van der Waals surface area contributed by atoms with E-state index in [-0.39, 0.29) is 12.2 Å². The van der Waals surface area contributed by atoms with Gasteiger partial charge in [0.05, 0.1) is 0 Å². The van der Waals surface area contributed by atoms with E-state index in [0.29, 0.717) is 18.3 Å². The Kier molecular flexibility index (Phi) is 4.83. The Morgan fingerprint density at radius 3 is 3.07 bits per heavy atom. The summed E-state index contributed by atoms with van der Waals surface area (Å²) in [6, 6.07) is 0. The second-order valence-corrected chi connectivity index (χ2v) is 3.43. The fraction of sp³-hybridized carbons (Fsp3) is 0.600. The number of H-pyrrole nitrogens is 1. The van der Waals surface area contributed by atoms with Crippen LogP contribution in [0.25, 0.3) is 0 Å². The minimum Gasteiger partial charge on any atom is -0.396 e. The molecule has 1 aromatic rings. The van der Waals surface area contributed by atoms with Gasteiger partial charge < -0.3 is 15.4 Å². The zero-order valence-corrected chi connectivity index (χ0v) is 8.86. The Bertz CT molecular complexity index is 337. The van der Waals surface area contributed by atoms with Crippen molar-refractivity contribution >= 4 is 5.82 Å². The van der Waals surface area contributed by atoms with Crippen LogP contribution in [0.3, 0.4) is 0 Å². The van der Waals surface area contributed by atoms with Crippen molar-refractivity contribution in [2.45, 2.75) is 19.8 Å². The summed E-state index contributed by atoms with van der Waals surface area (Å²) in [5.74, 6) is 0.713. The van der Waals surface area contributed by atoms with E-state index in [1.807, 2.05) is 0 Å². The van der Waals surface area contributed by atoms with Gasteiger partial charge in [-0.1, -0.05) is 13.3 Å². The molecule has 0 aromatic carbocycles. The van der Waals surface area contributed by atoms with Gasteiger partial charge in [-0.15, -0.1) is 0 Å². The van der Waals surface area contributed by atoms with Gasteiger partial charge in [0.2, 0.25) is 0 Å². The molecule has 15 heavy (non-hydrogen) atoms. The number of aromatic nitrogens is 2. The average molecular weight is 211 g/mol. The molecule has 0 bridgehead atoms. The van der Waals surface area contributed by atoms with Crippen LogP contribution in [0.1, 0.15) is 19.8 Å². The zero-order valence-electron chi connectivity index (χ0n) is 8.86. The molecule has 0 aliphatic heterocycles. The first-order chi connectivity index (χ1) is 7.27. The SMILES string of the molecule is CCC(CCO)CNc1ncc[nH]c1=O. The number of aliphatic hydroxyl groups is 1. The van der Waals surface area contributed by atoms with Crippen LogP contribution in [0.2, 0.25) is 0 Å².